The van der Waals surface area contributed by atoms with Crippen LogP contribution in [0, 0.1) is 6.92 Å². The Kier molecular flexibility index (Phi) is 3.08. The predicted molar refractivity (Wildman–Crippen MR) is 44.6 cm³/mol. The molecule has 0 aliphatic heterocycles. The Hall–Kier alpha value is -1.86. The molecule has 1 amide bonds. The zero-order valence-corrected chi connectivity index (χ0v) is 7.59. The summed E-state index contributed by atoms with van der Waals surface area (Å²) in [6.07, 6.45) is -2.38. The lowest BCUT2D eigenvalue weighted by atomic mass is 10.5. The van der Waals surface area contributed by atoms with Gasteiger partial charge in [-0.2, -0.15) is 13.2 Å². The number of carbonyl (C=O) groups excluding carboxylic acids is 1. The van der Waals surface area contributed by atoms with E-state index in [1.807, 2.05) is 5.43 Å². The van der Waals surface area contributed by atoms with E-state index in [1.165, 1.54) is 17.8 Å². The SMILES string of the molecule is Cc1cnc(NNC(=O)C(F)(F)F)cn1. The molecule has 0 aliphatic rings. The normalized spacial score (nSPS) is 10.9. The van der Waals surface area contributed by atoms with Gasteiger partial charge in [-0.05, 0) is 6.92 Å². The lowest BCUT2D eigenvalue weighted by Gasteiger charge is -2.08. The van der Waals surface area contributed by atoms with E-state index in [0.29, 0.717) is 5.69 Å². The lowest BCUT2D eigenvalue weighted by molar-refractivity contribution is -0.173. The minimum absolute atomic E-state index is 0.0261. The summed E-state index contributed by atoms with van der Waals surface area (Å²) in [5.41, 5.74) is 4.04. The van der Waals surface area contributed by atoms with Crippen LogP contribution in [0.25, 0.3) is 0 Å². The summed E-state index contributed by atoms with van der Waals surface area (Å²) in [7, 11) is 0. The van der Waals surface area contributed by atoms with E-state index in [4.69, 9.17) is 0 Å². The number of nitrogens with zero attached hydrogens (tertiary/aromatic N) is 2. The quantitative estimate of drug-likeness (QED) is 0.723. The van der Waals surface area contributed by atoms with Gasteiger partial charge in [-0.15, -0.1) is 0 Å². The number of hydrogen-bond donors (Lipinski definition) is 2. The number of alkyl halides is 3. The van der Waals surface area contributed by atoms with Crippen molar-refractivity contribution in [1.29, 1.82) is 0 Å². The smallest absolute Gasteiger partial charge is 0.280 e. The second kappa shape index (κ2) is 4.11. The molecule has 8 heteroatoms. The Balaban J connectivity index is 2.51. The maximum atomic E-state index is 11.7. The number of hydrazine groups is 1. The van der Waals surface area contributed by atoms with Crippen molar-refractivity contribution >= 4 is 11.7 Å². The molecule has 0 saturated heterocycles. The van der Waals surface area contributed by atoms with Gasteiger partial charge in [0.1, 0.15) is 0 Å². The Morgan fingerprint density at radius 2 is 2.00 bits per heavy atom. The van der Waals surface area contributed by atoms with Crippen LogP contribution in [0.15, 0.2) is 12.4 Å². The van der Waals surface area contributed by atoms with Crippen LogP contribution in [0.4, 0.5) is 19.0 Å². The van der Waals surface area contributed by atoms with Gasteiger partial charge in [-0.25, -0.2) is 4.98 Å². The first kappa shape index (κ1) is 11.2. The molecule has 5 nitrogen and oxygen atoms in total. The van der Waals surface area contributed by atoms with Crippen molar-refractivity contribution in [2.24, 2.45) is 0 Å². The summed E-state index contributed by atoms with van der Waals surface area (Å²) < 4.78 is 35.2. The van der Waals surface area contributed by atoms with Crippen molar-refractivity contribution in [3.8, 4) is 0 Å². The zero-order valence-electron chi connectivity index (χ0n) is 7.59. The number of nitrogens with one attached hydrogen (secondary N) is 2. The predicted octanol–water partition coefficient (Wildman–Crippen LogP) is 0.790. The Morgan fingerprint density at radius 3 is 2.47 bits per heavy atom. The number of aryl methyl sites for hydroxylation is 1. The van der Waals surface area contributed by atoms with Gasteiger partial charge in [0.2, 0.25) is 0 Å². The molecule has 0 bridgehead atoms. The van der Waals surface area contributed by atoms with Gasteiger partial charge in [-0.1, -0.05) is 0 Å². The maximum Gasteiger partial charge on any atom is 0.472 e. The maximum absolute atomic E-state index is 11.7. The summed E-state index contributed by atoms with van der Waals surface area (Å²) in [5, 5.41) is 0. The van der Waals surface area contributed by atoms with Crippen LogP contribution in [-0.2, 0) is 4.79 Å². The molecule has 1 aromatic heterocycles. The van der Waals surface area contributed by atoms with Crippen molar-refractivity contribution < 1.29 is 18.0 Å². The second-order valence-electron chi connectivity index (χ2n) is 2.62. The fraction of sp³-hybridized carbons (Fsp3) is 0.286. The molecule has 15 heavy (non-hydrogen) atoms. The number of anilines is 1. The first-order valence-electron chi connectivity index (χ1n) is 3.81. The molecule has 0 aliphatic carbocycles. The van der Waals surface area contributed by atoms with Crippen LogP contribution in [0.2, 0.25) is 0 Å². The second-order valence-corrected chi connectivity index (χ2v) is 2.62. The van der Waals surface area contributed by atoms with Crippen LogP contribution in [0.5, 0.6) is 0 Å². The van der Waals surface area contributed by atoms with E-state index < -0.39 is 12.1 Å². The first-order valence-corrected chi connectivity index (χ1v) is 3.81. The van der Waals surface area contributed by atoms with E-state index in [-0.39, 0.29) is 5.82 Å². The topological polar surface area (TPSA) is 66.9 Å². The highest BCUT2D eigenvalue weighted by Crippen LogP contribution is 2.13. The van der Waals surface area contributed by atoms with E-state index in [2.05, 4.69) is 9.97 Å². The van der Waals surface area contributed by atoms with Crippen molar-refractivity contribution in [3.05, 3.63) is 18.1 Å². The highest BCUT2D eigenvalue weighted by atomic mass is 19.4. The average molecular weight is 220 g/mol. The fourth-order valence-electron chi connectivity index (χ4n) is 0.649. The van der Waals surface area contributed by atoms with Gasteiger partial charge < -0.3 is 0 Å². The third-order valence-corrected chi connectivity index (χ3v) is 1.34. The van der Waals surface area contributed by atoms with Crippen molar-refractivity contribution in [2.75, 3.05) is 5.43 Å². The van der Waals surface area contributed by atoms with Gasteiger partial charge in [0.15, 0.2) is 5.82 Å². The average Bonchev–Trinajstić information content (AvgIpc) is 2.15. The van der Waals surface area contributed by atoms with Gasteiger partial charge in [0, 0.05) is 0 Å². The molecule has 1 rings (SSSR count). The molecule has 0 radical (unpaired) electrons. The lowest BCUT2D eigenvalue weighted by Crippen LogP contribution is -2.40. The van der Waals surface area contributed by atoms with E-state index >= 15 is 0 Å². The van der Waals surface area contributed by atoms with Crippen molar-refractivity contribution in [1.82, 2.24) is 15.4 Å². The highest BCUT2D eigenvalue weighted by Gasteiger charge is 2.38. The Bertz CT molecular complexity index is 348. The summed E-state index contributed by atoms with van der Waals surface area (Å²) in [6.45, 7) is 1.67. The summed E-state index contributed by atoms with van der Waals surface area (Å²) in [5.74, 6) is -2.07. The van der Waals surface area contributed by atoms with Crippen LogP contribution < -0.4 is 10.9 Å². The number of rotatable bonds is 2. The van der Waals surface area contributed by atoms with E-state index in [0.717, 1.165) is 0 Å². The number of amides is 1. The molecular formula is C7H7F3N4O. The largest absolute Gasteiger partial charge is 0.472 e. The van der Waals surface area contributed by atoms with Gasteiger partial charge in [0.05, 0.1) is 18.1 Å². The minimum atomic E-state index is -4.93. The summed E-state index contributed by atoms with van der Waals surface area (Å²) >= 11 is 0. The van der Waals surface area contributed by atoms with Gasteiger partial charge in [-0.3, -0.25) is 20.6 Å². The fourth-order valence-corrected chi connectivity index (χ4v) is 0.649. The van der Waals surface area contributed by atoms with Crippen LogP contribution >= 0.6 is 0 Å². The Morgan fingerprint density at radius 1 is 1.33 bits per heavy atom. The number of halogens is 3. The molecule has 1 aromatic rings. The third kappa shape index (κ3) is 3.41. The number of aromatic nitrogens is 2. The Labute approximate surface area is 82.7 Å². The van der Waals surface area contributed by atoms with E-state index in [9.17, 15) is 18.0 Å². The number of carbonyl (C=O) groups is 1. The van der Waals surface area contributed by atoms with Crippen LogP contribution in [0.1, 0.15) is 5.69 Å². The van der Waals surface area contributed by atoms with Crippen LogP contribution in [-0.4, -0.2) is 22.1 Å². The molecular weight excluding hydrogens is 213 g/mol. The first-order chi connectivity index (χ1) is 6.89. The molecule has 0 saturated carbocycles. The van der Waals surface area contributed by atoms with Gasteiger partial charge in [0.25, 0.3) is 0 Å². The molecule has 2 N–H and O–H groups in total. The number of hydrogen-bond acceptors (Lipinski definition) is 4. The zero-order chi connectivity index (χ0) is 11.5. The van der Waals surface area contributed by atoms with E-state index in [1.54, 1.807) is 6.92 Å². The molecule has 0 unspecified atom stereocenters. The van der Waals surface area contributed by atoms with Crippen molar-refractivity contribution in [3.63, 3.8) is 0 Å². The summed E-state index contributed by atoms with van der Waals surface area (Å²) in [6, 6.07) is 0. The summed E-state index contributed by atoms with van der Waals surface area (Å²) in [4.78, 5) is 17.8. The standard InChI is InChI=1S/C7H7F3N4O/c1-4-2-12-5(3-11-4)13-14-6(15)7(8,9)10/h2-3H,1H3,(H,12,13)(H,14,15). The molecule has 0 fully saturated rings. The molecule has 82 valence electrons. The monoisotopic (exact) mass is 220 g/mol. The minimum Gasteiger partial charge on any atom is -0.280 e. The highest BCUT2D eigenvalue weighted by molar-refractivity contribution is 5.82. The van der Waals surface area contributed by atoms with Gasteiger partial charge >= 0.3 is 12.1 Å². The molecule has 0 spiro atoms. The van der Waals surface area contributed by atoms with Crippen molar-refractivity contribution in [2.45, 2.75) is 13.1 Å². The third-order valence-electron chi connectivity index (χ3n) is 1.34. The molecule has 0 atom stereocenters. The van der Waals surface area contributed by atoms with Crippen LogP contribution in [0.3, 0.4) is 0 Å². The molecule has 1 heterocycles. The molecule has 0 aromatic carbocycles.